The quantitative estimate of drug-likeness (QED) is 0.741. The zero-order chi connectivity index (χ0) is 11.3. The summed E-state index contributed by atoms with van der Waals surface area (Å²) in [4.78, 5) is 13.7. The number of methoxy groups -OCH3 is 1. The Morgan fingerprint density at radius 3 is 3.00 bits per heavy atom. The first-order chi connectivity index (χ1) is 7.19. The molecule has 0 aromatic carbocycles. The van der Waals surface area contributed by atoms with Gasteiger partial charge in [0.2, 0.25) is 5.91 Å². The predicted molar refractivity (Wildman–Crippen MR) is 63.0 cm³/mol. The van der Waals surface area contributed by atoms with Gasteiger partial charge in [-0.2, -0.15) is 11.8 Å². The number of thioether (sulfide) groups is 1. The SMILES string of the molecule is COC1CCN(C(=O)[C@H](N)CCSC)C1. The third-order valence-electron chi connectivity index (χ3n) is 2.74. The molecule has 1 rings (SSSR count). The van der Waals surface area contributed by atoms with E-state index in [-0.39, 0.29) is 18.1 Å². The zero-order valence-electron chi connectivity index (χ0n) is 9.44. The van der Waals surface area contributed by atoms with Gasteiger partial charge in [-0.15, -0.1) is 0 Å². The smallest absolute Gasteiger partial charge is 0.239 e. The number of likely N-dealkylation sites (tertiary alicyclic amines) is 1. The highest BCUT2D eigenvalue weighted by atomic mass is 32.2. The number of hydrogen-bond donors (Lipinski definition) is 1. The number of rotatable bonds is 5. The minimum Gasteiger partial charge on any atom is -0.380 e. The second kappa shape index (κ2) is 6.35. The summed E-state index contributed by atoms with van der Waals surface area (Å²) in [6.45, 7) is 1.48. The second-order valence-electron chi connectivity index (χ2n) is 3.82. The summed E-state index contributed by atoms with van der Waals surface area (Å²) < 4.78 is 5.21. The normalized spacial score (nSPS) is 23.1. The van der Waals surface area contributed by atoms with E-state index < -0.39 is 0 Å². The first kappa shape index (κ1) is 12.8. The summed E-state index contributed by atoms with van der Waals surface area (Å²) in [5.74, 6) is 1.01. The molecule has 4 nitrogen and oxygen atoms in total. The molecule has 1 unspecified atom stereocenters. The molecule has 15 heavy (non-hydrogen) atoms. The van der Waals surface area contributed by atoms with Gasteiger partial charge in [-0.25, -0.2) is 0 Å². The number of nitrogens with two attached hydrogens (primary N) is 1. The van der Waals surface area contributed by atoms with Crippen LogP contribution in [-0.4, -0.2) is 55.2 Å². The largest absolute Gasteiger partial charge is 0.380 e. The van der Waals surface area contributed by atoms with Gasteiger partial charge in [-0.3, -0.25) is 4.79 Å². The Balaban J connectivity index is 2.33. The van der Waals surface area contributed by atoms with Gasteiger partial charge in [-0.1, -0.05) is 0 Å². The van der Waals surface area contributed by atoms with Gasteiger partial charge >= 0.3 is 0 Å². The summed E-state index contributed by atoms with van der Waals surface area (Å²) in [5.41, 5.74) is 5.82. The summed E-state index contributed by atoms with van der Waals surface area (Å²) >= 11 is 1.72. The predicted octanol–water partition coefficient (Wildman–Crippen LogP) is 0.314. The molecule has 2 N–H and O–H groups in total. The van der Waals surface area contributed by atoms with Crippen molar-refractivity contribution < 1.29 is 9.53 Å². The Hall–Kier alpha value is -0.260. The van der Waals surface area contributed by atoms with Crippen molar-refractivity contribution in [2.75, 3.05) is 32.2 Å². The number of ether oxygens (including phenoxy) is 1. The molecule has 0 saturated carbocycles. The van der Waals surface area contributed by atoms with Gasteiger partial charge in [0.15, 0.2) is 0 Å². The van der Waals surface area contributed by atoms with Crippen LogP contribution in [0.25, 0.3) is 0 Å². The molecule has 0 bridgehead atoms. The summed E-state index contributed by atoms with van der Waals surface area (Å²) in [7, 11) is 1.69. The Kier molecular flexibility index (Phi) is 5.42. The van der Waals surface area contributed by atoms with Gasteiger partial charge in [0.1, 0.15) is 0 Å². The maximum Gasteiger partial charge on any atom is 0.239 e. The molecule has 0 radical (unpaired) electrons. The van der Waals surface area contributed by atoms with Crippen LogP contribution in [-0.2, 0) is 9.53 Å². The van der Waals surface area contributed by atoms with Crippen molar-refractivity contribution in [1.29, 1.82) is 0 Å². The summed E-state index contributed by atoms with van der Waals surface area (Å²) in [6, 6.07) is -0.340. The van der Waals surface area contributed by atoms with Crippen LogP contribution in [0.15, 0.2) is 0 Å². The first-order valence-electron chi connectivity index (χ1n) is 5.25. The Labute approximate surface area is 95.5 Å². The fourth-order valence-corrected chi connectivity index (χ4v) is 2.21. The fourth-order valence-electron chi connectivity index (χ4n) is 1.72. The molecule has 0 aromatic rings. The second-order valence-corrected chi connectivity index (χ2v) is 4.80. The average molecular weight is 232 g/mol. The molecule has 2 atom stereocenters. The topological polar surface area (TPSA) is 55.6 Å². The lowest BCUT2D eigenvalue weighted by Crippen LogP contribution is -2.43. The summed E-state index contributed by atoms with van der Waals surface area (Å²) in [6.07, 6.45) is 3.90. The molecule has 0 aromatic heterocycles. The van der Waals surface area contributed by atoms with Gasteiger partial charge in [0.25, 0.3) is 0 Å². The van der Waals surface area contributed by atoms with Crippen LogP contribution in [0.5, 0.6) is 0 Å². The van der Waals surface area contributed by atoms with Crippen molar-refractivity contribution in [3.8, 4) is 0 Å². The van der Waals surface area contributed by atoms with Crippen LogP contribution in [0.3, 0.4) is 0 Å². The van der Waals surface area contributed by atoms with Crippen molar-refractivity contribution in [2.45, 2.75) is 25.0 Å². The highest BCUT2D eigenvalue weighted by molar-refractivity contribution is 7.98. The Morgan fingerprint density at radius 2 is 2.47 bits per heavy atom. The van der Waals surface area contributed by atoms with E-state index in [1.807, 2.05) is 11.2 Å². The maximum absolute atomic E-state index is 11.8. The highest BCUT2D eigenvalue weighted by Gasteiger charge is 2.28. The van der Waals surface area contributed by atoms with E-state index in [0.717, 1.165) is 25.1 Å². The third kappa shape index (κ3) is 3.66. The van der Waals surface area contributed by atoms with Gasteiger partial charge in [0.05, 0.1) is 12.1 Å². The average Bonchev–Trinajstić information content (AvgIpc) is 2.73. The number of nitrogens with zero attached hydrogens (tertiary/aromatic N) is 1. The fraction of sp³-hybridized carbons (Fsp3) is 0.900. The Morgan fingerprint density at radius 1 is 1.73 bits per heavy atom. The van der Waals surface area contributed by atoms with Crippen LogP contribution in [0.1, 0.15) is 12.8 Å². The van der Waals surface area contributed by atoms with E-state index in [9.17, 15) is 4.79 Å². The van der Waals surface area contributed by atoms with Gasteiger partial charge < -0.3 is 15.4 Å². The molecular formula is C10H20N2O2S. The van der Waals surface area contributed by atoms with Crippen LogP contribution in [0.4, 0.5) is 0 Å². The van der Waals surface area contributed by atoms with Crippen molar-refractivity contribution in [3.05, 3.63) is 0 Å². The molecule has 5 heteroatoms. The molecule has 1 amide bonds. The minimum atomic E-state index is -0.340. The number of carbonyl (C=O) groups excluding carboxylic acids is 1. The number of carbonyl (C=O) groups is 1. The van der Waals surface area contributed by atoms with E-state index in [4.69, 9.17) is 10.5 Å². The molecule has 1 heterocycles. The van der Waals surface area contributed by atoms with Gasteiger partial charge in [0, 0.05) is 20.2 Å². The van der Waals surface area contributed by atoms with Crippen molar-refractivity contribution >= 4 is 17.7 Å². The van der Waals surface area contributed by atoms with E-state index in [1.54, 1.807) is 18.9 Å². The van der Waals surface area contributed by atoms with Crippen molar-refractivity contribution in [1.82, 2.24) is 4.90 Å². The zero-order valence-corrected chi connectivity index (χ0v) is 10.3. The molecular weight excluding hydrogens is 212 g/mol. The maximum atomic E-state index is 11.8. The molecule has 1 saturated heterocycles. The van der Waals surface area contributed by atoms with E-state index in [1.165, 1.54) is 0 Å². The van der Waals surface area contributed by atoms with Crippen LogP contribution in [0.2, 0.25) is 0 Å². The minimum absolute atomic E-state index is 0.0728. The van der Waals surface area contributed by atoms with E-state index in [0.29, 0.717) is 6.54 Å². The molecule has 0 spiro atoms. The molecule has 0 aliphatic carbocycles. The van der Waals surface area contributed by atoms with Crippen molar-refractivity contribution in [3.63, 3.8) is 0 Å². The van der Waals surface area contributed by atoms with Crippen LogP contribution in [0, 0.1) is 0 Å². The van der Waals surface area contributed by atoms with E-state index >= 15 is 0 Å². The lowest BCUT2D eigenvalue weighted by Gasteiger charge is -2.20. The lowest BCUT2D eigenvalue weighted by molar-refractivity contribution is -0.132. The molecule has 1 fully saturated rings. The number of amides is 1. The molecule has 1 aliphatic rings. The van der Waals surface area contributed by atoms with Gasteiger partial charge in [-0.05, 0) is 24.9 Å². The highest BCUT2D eigenvalue weighted by Crippen LogP contribution is 2.13. The first-order valence-corrected chi connectivity index (χ1v) is 6.64. The molecule has 1 aliphatic heterocycles. The standard InChI is InChI=1S/C10H20N2O2S/c1-14-8-3-5-12(7-8)10(13)9(11)4-6-15-2/h8-9H,3-7,11H2,1-2H3/t8?,9-/m1/s1. The lowest BCUT2D eigenvalue weighted by atomic mass is 10.2. The van der Waals surface area contributed by atoms with Crippen LogP contribution >= 0.6 is 11.8 Å². The monoisotopic (exact) mass is 232 g/mol. The summed E-state index contributed by atoms with van der Waals surface area (Å²) in [5, 5.41) is 0. The number of hydrogen-bond acceptors (Lipinski definition) is 4. The Bertz CT molecular complexity index is 214. The third-order valence-corrected chi connectivity index (χ3v) is 3.38. The van der Waals surface area contributed by atoms with Crippen LogP contribution < -0.4 is 5.73 Å². The molecule has 88 valence electrons. The van der Waals surface area contributed by atoms with Crippen molar-refractivity contribution in [2.24, 2.45) is 5.73 Å². The van der Waals surface area contributed by atoms with E-state index in [2.05, 4.69) is 0 Å².